The standard InChI is InChI=1S/C13H18ClN5/c1-8(2)19-7-15-10-11(16-9-5-3-4-6-9)17-13(14)18-12(10)19/h7-9H,3-6H2,1-2H3,(H,16,17,18). The maximum atomic E-state index is 6.04. The molecule has 0 bridgehead atoms. The van der Waals surface area contributed by atoms with E-state index in [4.69, 9.17) is 11.6 Å². The minimum absolute atomic E-state index is 0.274. The Hall–Kier alpha value is -1.36. The lowest BCUT2D eigenvalue weighted by Crippen LogP contribution is -2.16. The van der Waals surface area contributed by atoms with E-state index in [1.165, 1.54) is 25.7 Å². The third-order valence-corrected chi connectivity index (χ3v) is 3.82. The van der Waals surface area contributed by atoms with E-state index >= 15 is 0 Å². The number of hydrogen-bond donors (Lipinski definition) is 1. The van der Waals surface area contributed by atoms with E-state index < -0.39 is 0 Å². The Bertz CT molecular complexity index is 586. The summed E-state index contributed by atoms with van der Waals surface area (Å²) in [7, 11) is 0. The van der Waals surface area contributed by atoms with Crippen molar-refractivity contribution >= 4 is 28.6 Å². The topological polar surface area (TPSA) is 55.6 Å². The SMILES string of the molecule is CC(C)n1cnc2c(NC3CCCC3)nc(Cl)nc21. The van der Waals surface area contributed by atoms with E-state index in [-0.39, 0.29) is 5.28 Å². The van der Waals surface area contributed by atoms with Gasteiger partial charge in [0.25, 0.3) is 0 Å². The highest BCUT2D eigenvalue weighted by molar-refractivity contribution is 6.28. The fourth-order valence-corrected chi connectivity index (χ4v) is 2.80. The first-order valence-electron chi connectivity index (χ1n) is 6.82. The third kappa shape index (κ3) is 2.39. The Morgan fingerprint density at radius 1 is 1.32 bits per heavy atom. The van der Waals surface area contributed by atoms with Gasteiger partial charge in [-0.1, -0.05) is 12.8 Å². The zero-order valence-corrected chi connectivity index (χ0v) is 12.0. The molecule has 0 saturated heterocycles. The lowest BCUT2D eigenvalue weighted by atomic mass is 10.2. The number of rotatable bonds is 3. The molecule has 0 unspecified atom stereocenters. The first kappa shape index (κ1) is 12.7. The fraction of sp³-hybridized carbons (Fsp3) is 0.615. The fourth-order valence-electron chi connectivity index (χ4n) is 2.63. The van der Waals surface area contributed by atoms with Gasteiger partial charge >= 0.3 is 0 Å². The highest BCUT2D eigenvalue weighted by Crippen LogP contribution is 2.27. The number of nitrogens with one attached hydrogen (secondary N) is 1. The summed E-state index contributed by atoms with van der Waals surface area (Å²) >= 11 is 6.04. The summed E-state index contributed by atoms with van der Waals surface area (Å²) in [6, 6.07) is 0.786. The molecule has 1 fully saturated rings. The summed E-state index contributed by atoms with van der Waals surface area (Å²) < 4.78 is 2.02. The second kappa shape index (κ2) is 4.96. The molecule has 1 aliphatic rings. The monoisotopic (exact) mass is 279 g/mol. The van der Waals surface area contributed by atoms with Crippen molar-refractivity contribution < 1.29 is 0 Å². The average molecular weight is 280 g/mol. The molecular formula is C13H18ClN5. The van der Waals surface area contributed by atoms with E-state index in [9.17, 15) is 0 Å². The van der Waals surface area contributed by atoms with Crippen molar-refractivity contribution in [1.82, 2.24) is 19.5 Å². The summed E-state index contributed by atoms with van der Waals surface area (Å²) in [5.74, 6) is 0.765. The second-order valence-corrected chi connectivity index (χ2v) is 5.72. The van der Waals surface area contributed by atoms with Crippen LogP contribution in [0.1, 0.15) is 45.6 Å². The minimum atomic E-state index is 0.274. The van der Waals surface area contributed by atoms with Crippen molar-refractivity contribution in [1.29, 1.82) is 0 Å². The van der Waals surface area contributed by atoms with Crippen LogP contribution < -0.4 is 5.32 Å². The van der Waals surface area contributed by atoms with Gasteiger partial charge in [-0.3, -0.25) is 0 Å². The molecule has 1 N–H and O–H groups in total. The van der Waals surface area contributed by atoms with Crippen LogP contribution in [0.5, 0.6) is 0 Å². The van der Waals surface area contributed by atoms with Crippen molar-refractivity contribution in [3.8, 4) is 0 Å². The van der Waals surface area contributed by atoms with Crippen molar-refractivity contribution in [2.75, 3.05) is 5.32 Å². The molecule has 1 aliphatic carbocycles. The number of aromatic nitrogens is 4. The van der Waals surface area contributed by atoms with Gasteiger partial charge in [0.1, 0.15) is 0 Å². The van der Waals surface area contributed by atoms with Crippen LogP contribution in [0, 0.1) is 0 Å². The Morgan fingerprint density at radius 2 is 2.05 bits per heavy atom. The van der Waals surface area contributed by atoms with Gasteiger partial charge in [-0.05, 0) is 38.3 Å². The van der Waals surface area contributed by atoms with Gasteiger partial charge in [0.05, 0.1) is 6.33 Å². The normalized spacial score (nSPS) is 16.6. The van der Waals surface area contributed by atoms with Gasteiger partial charge in [0.2, 0.25) is 5.28 Å². The van der Waals surface area contributed by atoms with E-state index in [0.717, 1.165) is 17.0 Å². The molecule has 6 heteroatoms. The van der Waals surface area contributed by atoms with E-state index in [0.29, 0.717) is 12.1 Å². The molecule has 5 nitrogen and oxygen atoms in total. The largest absolute Gasteiger partial charge is 0.365 e. The minimum Gasteiger partial charge on any atom is -0.365 e. The van der Waals surface area contributed by atoms with E-state index in [1.807, 2.05) is 4.57 Å². The Kier molecular flexibility index (Phi) is 3.31. The number of imidazole rings is 1. The number of halogens is 1. The lowest BCUT2D eigenvalue weighted by molar-refractivity contribution is 0.612. The first-order chi connectivity index (χ1) is 9.15. The van der Waals surface area contributed by atoms with Gasteiger partial charge in [-0.15, -0.1) is 0 Å². The Labute approximate surface area is 117 Å². The summed E-state index contributed by atoms with van der Waals surface area (Å²) in [5.41, 5.74) is 1.61. The second-order valence-electron chi connectivity index (χ2n) is 5.38. The van der Waals surface area contributed by atoms with Crippen LogP contribution in [0.4, 0.5) is 5.82 Å². The number of nitrogens with zero attached hydrogens (tertiary/aromatic N) is 4. The van der Waals surface area contributed by atoms with Gasteiger partial charge < -0.3 is 9.88 Å². The van der Waals surface area contributed by atoms with Crippen molar-refractivity contribution in [2.45, 2.75) is 51.6 Å². The highest BCUT2D eigenvalue weighted by atomic mass is 35.5. The van der Waals surface area contributed by atoms with Gasteiger partial charge in [0.15, 0.2) is 17.0 Å². The average Bonchev–Trinajstić information content (AvgIpc) is 2.97. The molecule has 0 aromatic carbocycles. The predicted octanol–water partition coefficient (Wildman–Crippen LogP) is 3.42. The van der Waals surface area contributed by atoms with Crippen molar-refractivity contribution in [3.63, 3.8) is 0 Å². The molecule has 102 valence electrons. The molecule has 19 heavy (non-hydrogen) atoms. The summed E-state index contributed by atoms with van der Waals surface area (Å²) in [6.45, 7) is 4.20. The van der Waals surface area contributed by atoms with Crippen LogP contribution in [0.3, 0.4) is 0 Å². The molecule has 1 saturated carbocycles. The molecule has 0 aliphatic heterocycles. The summed E-state index contributed by atoms with van der Waals surface area (Å²) in [5, 5.41) is 3.74. The van der Waals surface area contributed by atoms with E-state index in [1.54, 1.807) is 6.33 Å². The molecule has 0 spiro atoms. The van der Waals surface area contributed by atoms with Gasteiger partial charge in [-0.2, -0.15) is 9.97 Å². The molecule has 0 amide bonds. The van der Waals surface area contributed by atoms with Crippen LogP contribution in [0.15, 0.2) is 6.33 Å². The summed E-state index contributed by atoms with van der Waals surface area (Å²) in [6.07, 6.45) is 6.74. The van der Waals surface area contributed by atoms with Crippen LogP contribution in [0.25, 0.3) is 11.2 Å². The lowest BCUT2D eigenvalue weighted by Gasteiger charge is -2.13. The third-order valence-electron chi connectivity index (χ3n) is 3.65. The van der Waals surface area contributed by atoms with Crippen LogP contribution >= 0.6 is 11.6 Å². The Morgan fingerprint density at radius 3 is 2.74 bits per heavy atom. The van der Waals surface area contributed by atoms with Gasteiger partial charge in [0, 0.05) is 12.1 Å². The molecule has 2 aromatic rings. The molecule has 3 rings (SSSR count). The molecule has 2 aromatic heterocycles. The maximum Gasteiger partial charge on any atom is 0.226 e. The predicted molar refractivity (Wildman–Crippen MR) is 76.6 cm³/mol. The number of anilines is 1. The first-order valence-corrected chi connectivity index (χ1v) is 7.19. The molecule has 0 radical (unpaired) electrons. The zero-order valence-electron chi connectivity index (χ0n) is 11.2. The summed E-state index contributed by atoms with van der Waals surface area (Å²) in [4.78, 5) is 13.1. The van der Waals surface area contributed by atoms with Crippen LogP contribution in [-0.4, -0.2) is 25.6 Å². The maximum absolute atomic E-state index is 6.04. The smallest absolute Gasteiger partial charge is 0.226 e. The van der Waals surface area contributed by atoms with E-state index in [2.05, 4.69) is 34.1 Å². The Balaban J connectivity index is 2.03. The highest BCUT2D eigenvalue weighted by Gasteiger charge is 2.19. The van der Waals surface area contributed by atoms with Crippen molar-refractivity contribution in [3.05, 3.63) is 11.6 Å². The zero-order chi connectivity index (χ0) is 13.4. The quantitative estimate of drug-likeness (QED) is 0.875. The number of fused-ring (bicyclic) bond motifs is 1. The van der Waals surface area contributed by atoms with Crippen LogP contribution in [-0.2, 0) is 0 Å². The molecule has 0 atom stereocenters. The van der Waals surface area contributed by atoms with Gasteiger partial charge in [-0.25, -0.2) is 4.98 Å². The molecule has 2 heterocycles. The number of hydrogen-bond acceptors (Lipinski definition) is 4. The molecular weight excluding hydrogens is 262 g/mol. The van der Waals surface area contributed by atoms with Crippen molar-refractivity contribution in [2.24, 2.45) is 0 Å². The van der Waals surface area contributed by atoms with Crippen LogP contribution in [0.2, 0.25) is 5.28 Å².